The molecule has 8 nitrogen and oxygen atoms in total. The molecule has 0 radical (unpaired) electrons. The van der Waals surface area contributed by atoms with E-state index in [1.165, 1.54) is 0 Å². The lowest BCUT2D eigenvalue weighted by Gasteiger charge is -2.26. The fourth-order valence-electron chi connectivity index (χ4n) is 4.46. The summed E-state index contributed by atoms with van der Waals surface area (Å²) in [5, 5.41) is -0.225. The average molecular weight is 589 g/mol. The molecule has 1 aliphatic heterocycles. The Kier molecular flexibility index (Phi) is 11.7. The zero-order valence-electron chi connectivity index (χ0n) is 23.5. The maximum Gasteiger partial charge on any atom is 0.225 e. The van der Waals surface area contributed by atoms with Crippen LogP contribution in [-0.2, 0) is 4.79 Å². The number of hydrogen-bond acceptors (Lipinski definition) is 8. The Balaban J connectivity index is 0.00000441. The number of fused-ring (bicyclic) bond motifs is 1. The molecular weight excluding hydrogens is 552 g/mol. The Morgan fingerprint density at radius 2 is 1.60 bits per heavy atom. The minimum atomic E-state index is -0.225. The van der Waals surface area contributed by atoms with Crippen molar-refractivity contribution in [1.82, 2.24) is 4.90 Å². The van der Waals surface area contributed by atoms with Gasteiger partial charge in [-0.2, -0.15) is 0 Å². The molecule has 1 aliphatic rings. The van der Waals surface area contributed by atoms with Crippen molar-refractivity contribution in [3.8, 4) is 28.7 Å². The molecule has 0 saturated heterocycles. The van der Waals surface area contributed by atoms with Gasteiger partial charge in [-0.25, -0.2) is 0 Å². The van der Waals surface area contributed by atoms with Gasteiger partial charge in [0.2, 0.25) is 11.7 Å². The van der Waals surface area contributed by atoms with E-state index in [1.807, 2.05) is 65.6 Å². The van der Waals surface area contributed by atoms with Gasteiger partial charge < -0.3 is 28.6 Å². The van der Waals surface area contributed by atoms with Crippen molar-refractivity contribution in [2.45, 2.75) is 23.6 Å². The van der Waals surface area contributed by atoms with Crippen LogP contribution in [-0.4, -0.2) is 65.5 Å². The number of methoxy groups -OCH3 is 3. The Bertz CT molecular complexity index is 1250. The van der Waals surface area contributed by atoms with Crippen LogP contribution in [0.15, 0.2) is 65.6 Å². The average Bonchev–Trinajstić information content (AvgIpc) is 3.35. The number of benzene rings is 3. The Hall–Kier alpha value is -3.27. The summed E-state index contributed by atoms with van der Waals surface area (Å²) in [7, 11) is 6.93. The maximum atomic E-state index is 12.7. The van der Waals surface area contributed by atoms with Crippen LogP contribution >= 0.6 is 24.2 Å². The van der Waals surface area contributed by atoms with Crippen molar-refractivity contribution >= 4 is 35.8 Å². The molecule has 0 saturated carbocycles. The molecular formula is C30H37ClN2O6S. The zero-order chi connectivity index (χ0) is 27.8. The first-order valence-corrected chi connectivity index (χ1v) is 13.7. The van der Waals surface area contributed by atoms with E-state index in [0.717, 1.165) is 47.2 Å². The Morgan fingerprint density at radius 1 is 0.875 bits per heavy atom. The van der Waals surface area contributed by atoms with Gasteiger partial charge in [0.1, 0.15) is 23.5 Å². The third-order valence-electron chi connectivity index (χ3n) is 6.46. The first kappa shape index (κ1) is 31.3. The molecule has 216 valence electrons. The number of amides is 1. The third kappa shape index (κ3) is 7.27. The SMILES string of the molecule is COc1ccc(OCCCN(C)CCOc2c(OC)cccc2OC)c(C2Sc3ccccc3N2C(C)=O)c1.Cl. The van der Waals surface area contributed by atoms with Gasteiger partial charge in [0, 0.05) is 30.5 Å². The van der Waals surface area contributed by atoms with Crippen molar-refractivity contribution in [3.05, 3.63) is 66.2 Å². The molecule has 40 heavy (non-hydrogen) atoms. The molecule has 0 fully saturated rings. The molecule has 10 heteroatoms. The van der Waals surface area contributed by atoms with Crippen LogP contribution in [0.2, 0.25) is 0 Å². The standard InChI is InChI=1S/C30H36N2O6S.ClH/c1-21(33)32-24-10-6-7-13-28(24)39-30(32)23-20-22(34-3)14-15-25(23)37-18-9-16-31(2)17-19-38-29-26(35-4)11-8-12-27(29)36-5;/h6-8,10-15,20,30H,9,16-19H2,1-5H3;1H. The minimum Gasteiger partial charge on any atom is -0.497 e. The van der Waals surface area contributed by atoms with Crippen molar-refractivity contribution in [2.75, 3.05) is 59.6 Å². The highest BCUT2D eigenvalue weighted by Gasteiger charge is 2.35. The summed E-state index contributed by atoms with van der Waals surface area (Å²) < 4.78 is 28.5. The van der Waals surface area contributed by atoms with E-state index in [-0.39, 0.29) is 23.7 Å². The summed E-state index contributed by atoms with van der Waals surface area (Å²) >= 11 is 1.65. The van der Waals surface area contributed by atoms with Gasteiger partial charge in [-0.15, -0.1) is 12.4 Å². The predicted octanol–water partition coefficient (Wildman–Crippen LogP) is 6.07. The summed E-state index contributed by atoms with van der Waals surface area (Å²) in [5.74, 6) is 3.36. The number of ether oxygens (including phenoxy) is 5. The molecule has 3 aromatic rings. The number of carbonyl (C=O) groups is 1. The Morgan fingerprint density at radius 3 is 2.27 bits per heavy atom. The highest BCUT2D eigenvalue weighted by atomic mass is 35.5. The van der Waals surface area contributed by atoms with Crippen LogP contribution in [0.25, 0.3) is 0 Å². The van der Waals surface area contributed by atoms with Gasteiger partial charge >= 0.3 is 0 Å². The molecule has 0 spiro atoms. The molecule has 1 unspecified atom stereocenters. The van der Waals surface area contributed by atoms with E-state index in [0.29, 0.717) is 30.5 Å². The van der Waals surface area contributed by atoms with Gasteiger partial charge in [-0.3, -0.25) is 9.69 Å². The van der Waals surface area contributed by atoms with Gasteiger partial charge in [0.25, 0.3) is 0 Å². The number of thioether (sulfide) groups is 1. The number of para-hydroxylation sites is 2. The van der Waals surface area contributed by atoms with Crippen molar-refractivity contribution in [1.29, 1.82) is 0 Å². The number of carbonyl (C=O) groups excluding carboxylic acids is 1. The van der Waals surface area contributed by atoms with E-state index < -0.39 is 0 Å². The first-order valence-electron chi connectivity index (χ1n) is 12.8. The fourth-order valence-corrected chi connectivity index (χ4v) is 5.83. The van der Waals surface area contributed by atoms with Crippen LogP contribution in [0.3, 0.4) is 0 Å². The molecule has 1 amide bonds. The van der Waals surface area contributed by atoms with E-state index >= 15 is 0 Å². The normalized spacial score (nSPS) is 13.8. The molecule has 3 aromatic carbocycles. The zero-order valence-corrected chi connectivity index (χ0v) is 25.2. The number of rotatable bonds is 13. The quantitative estimate of drug-likeness (QED) is 0.223. The topological polar surface area (TPSA) is 69.7 Å². The lowest BCUT2D eigenvalue weighted by Crippen LogP contribution is -2.28. The smallest absolute Gasteiger partial charge is 0.225 e. The van der Waals surface area contributed by atoms with Crippen LogP contribution in [0, 0.1) is 0 Å². The van der Waals surface area contributed by atoms with E-state index in [1.54, 1.807) is 40.0 Å². The van der Waals surface area contributed by atoms with Gasteiger partial charge in [-0.05, 0) is 55.9 Å². The maximum absolute atomic E-state index is 12.7. The Labute approximate surface area is 246 Å². The minimum absolute atomic E-state index is 0. The van der Waals surface area contributed by atoms with Gasteiger partial charge in [0.05, 0.1) is 33.6 Å². The van der Waals surface area contributed by atoms with Gasteiger partial charge in [-0.1, -0.05) is 30.0 Å². The highest BCUT2D eigenvalue weighted by molar-refractivity contribution is 8.00. The summed E-state index contributed by atoms with van der Waals surface area (Å²) in [6.07, 6.45) is 0.828. The molecule has 4 rings (SSSR count). The van der Waals surface area contributed by atoms with Crippen LogP contribution in [0.1, 0.15) is 24.3 Å². The molecule has 1 heterocycles. The monoisotopic (exact) mass is 588 g/mol. The second-order valence-electron chi connectivity index (χ2n) is 9.08. The number of likely N-dealkylation sites (N-methyl/N-ethyl adjacent to an activating group) is 1. The van der Waals surface area contributed by atoms with Crippen molar-refractivity contribution in [2.24, 2.45) is 0 Å². The number of anilines is 1. The van der Waals surface area contributed by atoms with E-state index in [4.69, 9.17) is 23.7 Å². The van der Waals surface area contributed by atoms with Crippen LogP contribution in [0.5, 0.6) is 28.7 Å². The predicted molar refractivity (Wildman–Crippen MR) is 161 cm³/mol. The molecule has 0 aromatic heterocycles. The van der Waals surface area contributed by atoms with Crippen LogP contribution in [0.4, 0.5) is 5.69 Å². The van der Waals surface area contributed by atoms with Gasteiger partial charge in [0.15, 0.2) is 11.5 Å². The summed E-state index contributed by atoms with van der Waals surface area (Å²) in [6.45, 7) is 4.20. The van der Waals surface area contributed by atoms with E-state index in [2.05, 4.69) is 11.9 Å². The van der Waals surface area contributed by atoms with Crippen LogP contribution < -0.4 is 28.6 Å². The highest BCUT2D eigenvalue weighted by Crippen LogP contribution is 2.53. The van der Waals surface area contributed by atoms with E-state index in [9.17, 15) is 4.79 Å². The summed E-state index contributed by atoms with van der Waals surface area (Å²) in [6, 6.07) is 19.3. The second kappa shape index (κ2) is 14.9. The molecule has 0 bridgehead atoms. The third-order valence-corrected chi connectivity index (χ3v) is 7.75. The molecule has 0 aliphatic carbocycles. The number of nitrogens with zero attached hydrogens (tertiary/aromatic N) is 2. The van der Waals surface area contributed by atoms with Crippen molar-refractivity contribution in [3.63, 3.8) is 0 Å². The molecule has 1 atom stereocenters. The molecule has 0 N–H and O–H groups in total. The largest absolute Gasteiger partial charge is 0.497 e. The first-order chi connectivity index (χ1) is 19.0. The summed E-state index contributed by atoms with van der Waals surface area (Å²) in [4.78, 5) is 17.7. The lowest BCUT2D eigenvalue weighted by molar-refractivity contribution is -0.116. The lowest BCUT2D eigenvalue weighted by atomic mass is 10.1. The summed E-state index contributed by atoms with van der Waals surface area (Å²) in [5.41, 5.74) is 1.83. The number of hydrogen-bond donors (Lipinski definition) is 0. The fraction of sp³-hybridized carbons (Fsp3) is 0.367. The second-order valence-corrected chi connectivity index (χ2v) is 10.2. The number of halogens is 1. The van der Waals surface area contributed by atoms with Crippen molar-refractivity contribution < 1.29 is 28.5 Å².